The number of halogens is 4. The Morgan fingerprint density at radius 1 is 1.16 bits per heavy atom. The van der Waals surface area contributed by atoms with Gasteiger partial charge >= 0.3 is 6.18 Å². The van der Waals surface area contributed by atoms with E-state index in [0.29, 0.717) is 5.56 Å². The van der Waals surface area contributed by atoms with E-state index in [2.05, 4.69) is 10.1 Å². The van der Waals surface area contributed by atoms with Crippen molar-refractivity contribution in [2.75, 3.05) is 7.05 Å². The molecule has 1 aliphatic carbocycles. The van der Waals surface area contributed by atoms with Gasteiger partial charge in [-0.1, -0.05) is 31.4 Å². The Kier molecular flexibility index (Phi) is 9.62. The first-order valence-electron chi connectivity index (χ1n) is 12.3. The molecular weight excluding hydrogens is 500 g/mol. The minimum absolute atomic E-state index is 0.0217. The maximum absolute atomic E-state index is 13.4. The first-order valence-corrected chi connectivity index (χ1v) is 12.3. The van der Waals surface area contributed by atoms with E-state index in [-0.39, 0.29) is 28.8 Å². The Hall–Kier alpha value is -3.73. The van der Waals surface area contributed by atoms with Crippen molar-refractivity contribution in [2.24, 2.45) is 11.6 Å². The van der Waals surface area contributed by atoms with Crippen LogP contribution >= 0.6 is 0 Å². The number of nitrogens with zero attached hydrogens (tertiary/aromatic N) is 4. The molecule has 11 heteroatoms. The molecule has 2 heterocycles. The highest BCUT2D eigenvalue weighted by Crippen LogP contribution is 2.33. The monoisotopic (exact) mass is 532 g/mol. The Labute approximate surface area is 218 Å². The van der Waals surface area contributed by atoms with Crippen molar-refractivity contribution in [3.8, 4) is 0 Å². The Balaban J connectivity index is 0.000000427. The summed E-state index contributed by atoms with van der Waals surface area (Å²) >= 11 is 0. The summed E-state index contributed by atoms with van der Waals surface area (Å²) in [6.07, 6.45) is 2.90. The van der Waals surface area contributed by atoms with Gasteiger partial charge in [0, 0.05) is 25.0 Å². The summed E-state index contributed by atoms with van der Waals surface area (Å²) in [5.74, 6) is 5.48. The van der Waals surface area contributed by atoms with Crippen LogP contribution in [0.2, 0.25) is 0 Å². The number of aryl methyl sites for hydroxylation is 1. The summed E-state index contributed by atoms with van der Waals surface area (Å²) in [6.45, 7) is 1.46. The van der Waals surface area contributed by atoms with E-state index < -0.39 is 23.8 Å². The van der Waals surface area contributed by atoms with Gasteiger partial charge in [-0.05, 0) is 61.6 Å². The van der Waals surface area contributed by atoms with Crippen LogP contribution in [0.25, 0.3) is 5.70 Å². The molecule has 1 saturated carbocycles. The van der Waals surface area contributed by atoms with Crippen molar-refractivity contribution in [1.82, 2.24) is 19.8 Å². The van der Waals surface area contributed by atoms with Crippen molar-refractivity contribution >= 4 is 5.70 Å². The number of hydrogen-bond donors (Lipinski definition) is 2. The van der Waals surface area contributed by atoms with E-state index >= 15 is 0 Å². The lowest BCUT2D eigenvalue weighted by Crippen LogP contribution is -2.31. The van der Waals surface area contributed by atoms with Crippen LogP contribution < -0.4 is 17.1 Å². The molecule has 4 rings (SSSR count). The van der Waals surface area contributed by atoms with Gasteiger partial charge in [0.05, 0.1) is 23.5 Å². The largest absolute Gasteiger partial charge is 0.418 e. The Morgan fingerprint density at radius 3 is 2.45 bits per heavy atom. The molecule has 0 spiro atoms. The molecule has 0 radical (unpaired) electrons. The van der Waals surface area contributed by atoms with Crippen LogP contribution in [0.5, 0.6) is 0 Å². The molecule has 38 heavy (non-hydrogen) atoms. The highest BCUT2D eigenvalue weighted by atomic mass is 19.4. The number of alkyl halides is 3. The maximum Gasteiger partial charge on any atom is 0.418 e. The fourth-order valence-corrected chi connectivity index (χ4v) is 4.37. The second-order valence-corrected chi connectivity index (χ2v) is 9.33. The SMILES string of the molecule is CN(N)/C=C(\N)c1cc(C2CCCCC2)c(=O)n(Cc2ncccc2C(F)(F)F)n1.Cc1cccc(F)c1. The van der Waals surface area contributed by atoms with Gasteiger partial charge in [-0.15, -0.1) is 0 Å². The molecule has 0 bridgehead atoms. The molecule has 0 saturated heterocycles. The molecule has 0 aliphatic heterocycles. The van der Waals surface area contributed by atoms with Crippen molar-refractivity contribution in [3.05, 3.63) is 99.1 Å². The van der Waals surface area contributed by atoms with Crippen molar-refractivity contribution in [3.63, 3.8) is 0 Å². The molecule has 204 valence electrons. The first kappa shape index (κ1) is 28.8. The fraction of sp³-hybridized carbons (Fsp3) is 0.370. The first-order chi connectivity index (χ1) is 18.0. The van der Waals surface area contributed by atoms with Crippen LogP contribution in [-0.4, -0.2) is 26.8 Å². The van der Waals surface area contributed by atoms with Gasteiger partial charge in [0.15, 0.2) is 0 Å². The zero-order valence-electron chi connectivity index (χ0n) is 21.4. The lowest BCUT2D eigenvalue weighted by atomic mass is 9.84. The number of rotatable bonds is 5. The molecule has 2 aromatic heterocycles. The molecule has 7 nitrogen and oxygen atoms in total. The summed E-state index contributed by atoms with van der Waals surface area (Å²) in [6, 6.07) is 10.3. The molecule has 1 fully saturated rings. The second kappa shape index (κ2) is 12.7. The molecule has 0 amide bonds. The summed E-state index contributed by atoms with van der Waals surface area (Å²) < 4.78 is 53.3. The maximum atomic E-state index is 13.4. The lowest BCUT2D eigenvalue weighted by molar-refractivity contribution is -0.138. The van der Waals surface area contributed by atoms with Gasteiger partial charge in [-0.25, -0.2) is 14.9 Å². The van der Waals surface area contributed by atoms with E-state index in [1.807, 2.05) is 13.0 Å². The highest BCUT2D eigenvalue weighted by Gasteiger charge is 2.34. The van der Waals surface area contributed by atoms with E-state index in [9.17, 15) is 22.4 Å². The van der Waals surface area contributed by atoms with E-state index in [1.165, 1.54) is 35.6 Å². The lowest BCUT2D eigenvalue weighted by Gasteiger charge is -2.23. The average molecular weight is 533 g/mol. The van der Waals surface area contributed by atoms with Gasteiger partial charge in [-0.3, -0.25) is 9.78 Å². The van der Waals surface area contributed by atoms with Gasteiger partial charge in [0.2, 0.25) is 0 Å². The van der Waals surface area contributed by atoms with Crippen LogP contribution in [0.4, 0.5) is 17.6 Å². The quantitative estimate of drug-likeness (QED) is 0.274. The number of pyridine rings is 1. The summed E-state index contributed by atoms with van der Waals surface area (Å²) in [5.41, 5.74) is 6.46. The molecule has 0 atom stereocenters. The normalized spacial score (nSPS) is 14.6. The van der Waals surface area contributed by atoms with Gasteiger partial charge < -0.3 is 10.7 Å². The average Bonchev–Trinajstić information content (AvgIpc) is 2.85. The van der Waals surface area contributed by atoms with Crippen LogP contribution in [0.15, 0.2) is 59.7 Å². The number of nitrogens with two attached hydrogens (primary N) is 2. The van der Waals surface area contributed by atoms with Gasteiger partial charge in [0.25, 0.3) is 5.56 Å². The second-order valence-electron chi connectivity index (χ2n) is 9.33. The van der Waals surface area contributed by atoms with Crippen LogP contribution in [0.1, 0.15) is 66.1 Å². The number of aromatic nitrogens is 3. The number of hydrazine groups is 1. The third-order valence-electron chi connectivity index (χ3n) is 6.16. The van der Waals surface area contributed by atoms with Crippen LogP contribution in [0.3, 0.4) is 0 Å². The third-order valence-corrected chi connectivity index (χ3v) is 6.16. The van der Waals surface area contributed by atoms with E-state index in [4.69, 9.17) is 11.6 Å². The zero-order chi connectivity index (χ0) is 27.9. The molecular formula is C27H32F4N6O. The zero-order valence-corrected chi connectivity index (χ0v) is 21.4. The minimum atomic E-state index is -4.59. The Bertz CT molecular complexity index is 1300. The summed E-state index contributed by atoms with van der Waals surface area (Å²) in [7, 11) is 1.58. The summed E-state index contributed by atoms with van der Waals surface area (Å²) in [4.78, 5) is 17.0. The fourth-order valence-electron chi connectivity index (χ4n) is 4.37. The number of hydrogen-bond acceptors (Lipinski definition) is 6. The predicted molar refractivity (Wildman–Crippen MR) is 138 cm³/mol. The van der Waals surface area contributed by atoms with E-state index in [0.717, 1.165) is 48.4 Å². The minimum Gasteiger partial charge on any atom is -0.396 e. The van der Waals surface area contributed by atoms with Crippen molar-refractivity contribution < 1.29 is 17.6 Å². The standard InChI is InChI=1S/C20H25F3N6O.C7H7F/c1-28(25)11-16(24)17-10-14(13-6-3-2-4-7-13)19(30)29(27-17)12-18-15(20(21,22)23)8-5-9-26-18;1-6-3-2-4-7(8)5-6/h5,8-11,13H,2-4,6-7,12,24-25H2,1H3;2-5H,1H3/b16-11-;. The van der Waals surface area contributed by atoms with E-state index in [1.54, 1.807) is 19.2 Å². The smallest absolute Gasteiger partial charge is 0.396 e. The molecule has 0 unspecified atom stereocenters. The molecule has 4 N–H and O–H groups in total. The topological polar surface area (TPSA) is 103 Å². The van der Waals surface area contributed by atoms with Crippen molar-refractivity contribution in [1.29, 1.82) is 0 Å². The van der Waals surface area contributed by atoms with Gasteiger partial charge in [0.1, 0.15) is 11.5 Å². The molecule has 1 aliphatic rings. The molecule has 3 aromatic rings. The van der Waals surface area contributed by atoms with Crippen molar-refractivity contribution in [2.45, 2.75) is 57.7 Å². The van der Waals surface area contributed by atoms with Gasteiger partial charge in [-0.2, -0.15) is 18.3 Å². The third kappa shape index (κ3) is 7.88. The van der Waals surface area contributed by atoms with Crippen LogP contribution in [0, 0.1) is 12.7 Å². The molecule has 1 aromatic carbocycles. The highest BCUT2D eigenvalue weighted by molar-refractivity contribution is 5.59. The van der Waals surface area contributed by atoms with Crippen LogP contribution in [-0.2, 0) is 12.7 Å². The number of benzene rings is 1. The predicted octanol–water partition coefficient (Wildman–Crippen LogP) is 4.95. The Morgan fingerprint density at radius 2 is 1.87 bits per heavy atom. The summed E-state index contributed by atoms with van der Waals surface area (Å²) in [5, 5.41) is 5.46.